The summed E-state index contributed by atoms with van der Waals surface area (Å²) in [5, 5.41) is 0. The number of amides is 1. The lowest BCUT2D eigenvalue weighted by molar-refractivity contribution is -0.133. The fourth-order valence-corrected chi connectivity index (χ4v) is 1.55. The Morgan fingerprint density at radius 2 is 1.86 bits per heavy atom. The highest BCUT2D eigenvalue weighted by Crippen LogP contribution is 2.08. The van der Waals surface area contributed by atoms with Gasteiger partial charge in [-0.1, -0.05) is 33.6 Å². The molecule has 0 heterocycles. The molecule has 0 saturated heterocycles. The van der Waals surface area contributed by atoms with E-state index >= 15 is 0 Å². The second-order valence-electron chi connectivity index (χ2n) is 3.91. The van der Waals surface area contributed by atoms with Crippen LogP contribution in [0.25, 0.3) is 0 Å². The maximum Gasteiger partial charge on any atom is 0.222 e. The van der Waals surface area contributed by atoms with Crippen molar-refractivity contribution in [2.24, 2.45) is 0 Å². The second kappa shape index (κ2) is 7.84. The molecule has 0 aliphatic heterocycles. The number of hydrogen-bond donors (Lipinski definition) is 0. The SMILES string of the molecule is CCCCCN(C(=O)CC)C(C)CC. The van der Waals surface area contributed by atoms with Crippen LogP contribution in [0.5, 0.6) is 0 Å². The van der Waals surface area contributed by atoms with Gasteiger partial charge in [-0.15, -0.1) is 0 Å². The Labute approximate surface area is 88.7 Å². The van der Waals surface area contributed by atoms with Crippen LogP contribution in [0.2, 0.25) is 0 Å². The molecule has 14 heavy (non-hydrogen) atoms. The Hall–Kier alpha value is -0.530. The first-order valence-corrected chi connectivity index (χ1v) is 5.96. The largest absolute Gasteiger partial charge is 0.340 e. The molecule has 0 radical (unpaired) electrons. The zero-order valence-electron chi connectivity index (χ0n) is 10.2. The van der Waals surface area contributed by atoms with Gasteiger partial charge in [0.15, 0.2) is 0 Å². The van der Waals surface area contributed by atoms with Crippen molar-refractivity contribution >= 4 is 5.91 Å². The molecule has 0 rings (SSSR count). The number of carbonyl (C=O) groups is 1. The van der Waals surface area contributed by atoms with Gasteiger partial charge in [-0.2, -0.15) is 0 Å². The Balaban J connectivity index is 4.04. The van der Waals surface area contributed by atoms with Crippen LogP contribution in [-0.2, 0) is 4.79 Å². The summed E-state index contributed by atoms with van der Waals surface area (Å²) < 4.78 is 0. The van der Waals surface area contributed by atoms with Crippen LogP contribution in [0.4, 0.5) is 0 Å². The predicted octanol–water partition coefficient (Wildman–Crippen LogP) is 3.21. The summed E-state index contributed by atoms with van der Waals surface area (Å²) in [5.74, 6) is 0.301. The summed E-state index contributed by atoms with van der Waals surface area (Å²) in [6, 6.07) is 0.402. The molecule has 84 valence electrons. The molecule has 1 amide bonds. The minimum atomic E-state index is 0.301. The van der Waals surface area contributed by atoms with Crippen LogP contribution in [0.1, 0.15) is 59.8 Å². The highest BCUT2D eigenvalue weighted by Gasteiger charge is 2.15. The highest BCUT2D eigenvalue weighted by molar-refractivity contribution is 5.76. The lowest BCUT2D eigenvalue weighted by Crippen LogP contribution is -2.38. The minimum Gasteiger partial charge on any atom is -0.340 e. The van der Waals surface area contributed by atoms with Crippen LogP contribution >= 0.6 is 0 Å². The first kappa shape index (κ1) is 13.5. The quantitative estimate of drug-likeness (QED) is 0.576. The smallest absolute Gasteiger partial charge is 0.222 e. The molecule has 2 nitrogen and oxygen atoms in total. The van der Waals surface area contributed by atoms with Crippen molar-refractivity contribution in [3.63, 3.8) is 0 Å². The van der Waals surface area contributed by atoms with Gasteiger partial charge in [0.2, 0.25) is 5.91 Å². The van der Waals surface area contributed by atoms with Crippen LogP contribution in [0.3, 0.4) is 0 Å². The molecule has 1 unspecified atom stereocenters. The van der Waals surface area contributed by atoms with Gasteiger partial charge in [-0.05, 0) is 19.8 Å². The van der Waals surface area contributed by atoms with E-state index in [1.807, 2.05) is 11.8 Å². The Bertz CT molecular complexity index is 156. The van der Waals surface area contributed by atoms with Crippen molar-refractivity contribution in [2.45, 2.75) is 65.8 Å². The number of unbranched alkanes of at least 4 members (excludes halogenated alkanes) is 2. The highest BCUT2D eigenvalue weighted by atomic mass is 16.2. The molecule has 0 N–H and O–H groups in total. The Morgan fingerprint density at radius 1 is 1.21 bits per heavy atom. The second-order valence-corrected chi connectivity index (χ2v) is 3.91. The lowest BCUT2D eigenvalue weighted by atomic mass is 10.1. The fourth-order valence-electron chi connectivity index (χ4n) is 1.55. The molecule has 0 aromatic heterocycles. The van der Waals surface area contributed by atoms with Crippen molar-refractivity contribution in [1.82, 2.24) is 4.90 Å². The molecular weight excluding hydrogens is 174 g/mol. The predicted molar refractivity (Wildman–Crippen MR) is 61.3 cm³/mol. The molecular formula is C12H25NO. The Kier molecular flexibility index (Phi) is 7.54. The van der Waals surface area contributed by atoms with Crippen molar-refractivity contribution in [2.75, 3.05) is 6.54 Å². The van der Waals surface area contributed by atoms with Gasteiger partial charge in [0.25, 0.3) is 0 Å². The van der Waals surface area contributed by atoms with Crippen molar-refractivity contribution in [3.8, 4) is 0 Å². The van der Waals surface area contributed by atoms with Crippen LogP contribution in [0.15, 0.2) is 0 Å². The molecule has 0 aromatic rings. The van der Waals surface area contributed by atoms with Gasteiger partial charge < -0.3 is 4.90 Å². The minimum absolute atomic E-state index is 0.301. The van der Waals surface area contributed by atoms with E-state index in [0.29, 0.717) is 18.4 Å². The molecule has 0 bridgehead atoms. The summed E-state index contributed by atoms with van der Waals surface area (Å²) in [5.41, 5.74) is 0. The van der Waals surface area contributed by atoms with Crippen LogP contribution < -0.4 is 0 Å². The topological polar surface area (TPSA) is 20.3 Å². The maximum absolute atomic E-state index is 11.6. The first-order chi connectivity index (χ1) is 6.67. The van der Waals surface area contributed by atoms with Crippen LogP contribution in [-0.4, -0.2) is 23.4 Å². The van der Waals surface area contributed by atoms with Gasteiger partial charge in [0, 0.05) is 19.0 Å². The van der Waals surface area contributed by atoms with E-state index in [0.717, 1.165) is 19.4 Å². The van der Waals surface area contributed by atoms with E-state index in [1.54, 1.807) is 0 Å². The van der Waals surface area contributed by atoms with Gasteiger partial charge in [0.05, 0.1) is 0 Å². The summed E-state index contributed by atoms with van der Waals surface area (Å²) in [4.78, 5) is 13.7. The third kappa shape index (κ3) is 4.64. The molecule has 0 aliphatic rings. The zero-order chi connectivity index (χ0) is 11.0. The summed E-state index contributed by atoms with van der Waals surface area (Å²) in [6.45, 7) is 9.35. The van der Waals surface area contributed by atoms with E-state index < -0.39 is 0 Å². The van der Waals surface area contributed by atoms with E-state index in [1.165, 1.54) is 12.8 Å². The average Bonchev–Trinajstić information content (AvgIpc) is 2.22. The average molecular weight is 199 g/mol. The molecule has 0 spiro atoms. The molecule has 0 fully saturated rings. The summed E-state index contributed by atoms with van der Waals surface area (Å²) >= 11 is 0. The number of rotatable bonds is 7. The molecule has 0 aliphatic carbocycles. The fraction of sp³-hybridized carbons (Fsp3) is 0.917. The van der Waals surface area contributed by atoms with Gasteiger partial charge in [-0.25, -0.2) is 0 Å². The molecule has 2 heteroatoms. The summed E-state index contributed by atoms with van der Waals surface area (Å²) in [6.07, 6.45) is 5.28. The third-order valence-electron chi connectivity index (χ3n) is 2.75. The van der Waals surface area contributed by atoms with Crippen molar-refractivity contribution in [3.05, 3.63) is 0 Å². The number of carbonyl (C=O) groups excluding carboxylic acids is 1. The zero-order valence-corrected chi connectivity index (χ0v) is 10.2. The van der Waals surface area contributed by atoms with Crippen LogP contribution in [0, 0.1) is 0 Å². The monoisotopic (exact) mass is 199 g/mol. The molecule has 0 saturated carbocycles. The number of nitrogens with zero attached hydrogens (tertiary/aromatic N) is 1. The van der Waals surface area contributed by atoms with Crippen molar-refractivity contribution < 1.29 is 4.79 Å². The van der Waals surface area contributed by atoms with Gasteiger partial charge in [0.1, 0.15) is 0 Å². The maximum atomic E-state index is 11.6. The third-order valence-corrected chi connectivity index (χ3v) is 2.75. The van der Waals surface area contributed by atoms with E-state index in [-0.39, 0.29) is 0 Å². The van der Waals surface area contributed by atoms with Gasteiger partial charge in [-0.3, -0.25) is 4.79 Å². The van der Waals surface area contributed by atoms with E-state index in [2.05, 4.69) is 20.8 Å². The lowest BCUT2D eigenvalue weighted by Gasteiger charge is -2.28. The Morgan fingerprint density at radius 3 is 2.29 bits per heavy atom. The molecule has 1 atom stereocenters. The van der Waals surface area contributed by atoms with Crippen molar-refractivity contribution in [1.29, 1.82) is 0 Å². The standard InChI is InChI=1S/C12H25NO/c1-5-8-9-10-13(11(4)6-2)12(14)7-3/h11H,5-10H2,1-4H3. The normalized spacial score (nSPS) is 12.6. The van der Waals surface area contributed by atoms with E-state index in [9.17, 15) is 4.79 Å². The molecule has 0 aromatic carbocycles. The number of hydrogen-bond acceptors (Lipinski definition) is 1. The van der Waals surface area contributed by atoms with E-state index in [4.69, 9.17) is 0 Å². The first-order valence-electron chi connectivity index (χ1n) is 5.96. The van der Waals surface area contributed by atoms with Gasteiger partial charge >= 0.3 is 0 Å². The summed E-state index contributed by atoms with van der Waals surface area (Å²) in [7, 11) is 0.